The summed E-state index contributed by atoms with van der Waals surface area (Å²) in [5.74, 6) is -1.10. The van der Waals surface area contributed by atoms with Gasteiger partial charge in [-0.25, -0.2) is 9.37 Å². The van der Waals surface area contributed by atoms with E-state index in [2.05, 4.69) is 15.6 Å². The monoisotopic (exact) mass is 446 g/mol. The van der Waals surface area contributed by atoms with Crippen LogP contribution in [0.15, 0.2) is 71.5 Å². The van der Waals surface area contributed by atoms with Crippen molar-refractivity contribution in [2.24, 2.45) is 0 Å². The van der Waals surface area contributed by atoms with Gasteiger partial charge in [0.25, 0.3) is 0 Å². The largest absolute Gasteiger partial charge is 0.383 e. The molecule has 4 aromatic rings. The van der Waals surface area contributed by atoms with E-state index in [1.165, 1.54) is 20.1 Å². The van der Waals surface area contributed by atoms with Gasteiger partial charge in [-0.1, -0.05) is 36.4 Å². The molecule has 0 aliphatic rings. The van der Waals surface area contributed by atoms with Gasteiger partial charge >= 0.3 is 0 Å². The molecule has 0 atom stereocenters. The first kappa shape index (κ1) is 22.2. The maximum atomic E-state index is 15.3. The predicted molar refractivity (Wildman–Crippen MR) is 127 cm³/mol. The Hall–Kier alpha value is -4.04. The number of methoxy groups -OCH3 is 1. The van der Waals surface area contributed by atoms with Crippen LogP contribution in [-0.4, -0.2) is 35.6 Å². The summed E-state index contributed by atoms with van der Waals surface area (Å²) >= 11 is 0. The van der Waals surface area contributed by atoms with Gasteiger partial charge in [-0.15, -0.1) is 0 Å². The summed E-state index contributed by atoms with van der Waals surface area (Å²) in [6.45, 7) is 1.83. The lowest BCUT2D eigenvalue weighted by molar-refractivity contribution is 0.101. The molecule has 0 aliphatic heterocycles. The number of pyridine rings is 2. The number of fused-ring (bicyclic) bond motifs is 1. The number of Topliss-reactive ketones (excluding diaryl/α,β-unsaturated/α-hetero) is 1. The summed E-state index contributed by atoms with van der Waals surface area (Å²) in [4.78, 5) is 30.1. The van der Waals surface area contributed by atoms with E-state index in [-0.39, 0.29) is 29.0 Å². The smallest absolute Gasteiger partial charge is 0.194 e. The molecule has 8 heteroatoms. The van der Waals surface area contributed by atoms with Crippen molar-refractivity contribution >= 4 is 34.1 Å². The fourth-order valence-corrected chi connectivity index (χ4v) is 3.64. The highest BCUT2D eigenvalue weighted by Gasteiger charge is 2.24. The zero-order valence-corrected chi connectivity index (χ0v) is 18.3. The third-order valence-electron chi connectivity index (χ3n) is 5.10. The van der Waals surface area contributed by atoms with Gasteiger partial charge in [0.05, 0.1) is 17.6 Å². The highest BCUT2D eigenvalue weighted by Crippen LogP contribution is 2.29. The van der Waals surface area contributed by atoms with Crippen molar-refractivity contribution in [1.82, 2.24) is 9.55 Å². The van der Waals surface area contributed by atoms with Crippen LogP contribution >= 0.6 is 0 Å². The summed E-state index contributed by atoms with van der Waals surface area (Å²) in [5, 5.41) is 6.04. The summed E-state index contributed by atoms with van der Waals surface area (Å²) < 4.78 is 22.0. The molecule has 7 nitrogen and oxygen atoms in total. The third kappa shape index (κ3) is 4.47. The van der Waals surface area contributed by atoms with E-state index in [1.807, 2.05) is 60.7 Å². The maximum absolute atomic E-state index is 15.3. The van der Waals surface area contributed by atoms with Gasteiger partial charge < -0.3 is 15.4 Å². The van der Waals surface area contributed by atoms with E-state index in [4.69, 9.17) is 4.74 Å². The van der Waals surface area contributed by atoms with Crippen LogP contribution < -0.4 is 16.1 Å². The normalized spacial score (nSPS) is 10.9. The quantitative estimate of drug-likeness (QED) is 0.306. The average Bonchev–Trinajstić information content (AvgIpc) is 2.81. The van der Waals surface area contributed by atoms with Crippen LogP contribution in [0, 0.1) is 5.82 Å². The number of para-hydroxylation sites is 2. The van der Waals surface area contributed by atoms with Gasteiger partial charge in [-0.05, 0) is 31.2 Å². The van der Waals surface area contributed by atoms with E-state index < -0.39 is 17.0 Å². The van der Waals surface area contributed by atoms with Crippen LogP contribution in [0.3, 0.4) is 0 Å². The molecule has 33 heavy (non-hydrogen) atoms. The summed E-state index contributed by atoms with van der Waals surface area (Å²) in [6.07, 6.45) is 0. The molecule has 168 valence electrons. The topological polar surface area (TPSA) is 85.2 Å². The predicted octanol–water partition coefficient (Wildman–Crippen LogP) is 4.53. The molecular formula is C25H23FN4O3. The molecule has 0 fully saturated rings. The van der Waals surface area contributed by atoms with E-state index in [9.17, 15) is 9.59 Å². The van der Waals surface area contributed by atoms with Gasteiger partial charge in [0.15, 0.2) is 28.5 Å². The molecule has 2 heterocycles. The lowest BCUT2D eigenvalue weighted by atomic mass is 10.1. The molecule has 4 rings (SSSR count). The Morgan fingerprint density at radius 3 is 2.39 bits per heavy atom. The molecule has 0 saturated heterocycles. The van der Waals surface area contributed by atoms with Crippen molar-refractivity contribution in [3.63, 3.8) is 0 Å². The number of ether oxygens (including phenoxy) is 1. The Balaban J connectivity index is 2.06. The van der Waals surface area contributed by atoms with E-state index in [0.717, 1.165) is 5.69 Å². The molecule has 0 saturated carbocycles. The first-order valence-electron chi connectivity index (χ1n) is 10.4. The van der Waals surface area contributed by atoms with Gasteiger partial charge in [0, 0.05) is 31.1 Å². The first-order chi connectivity index (χ1) is 16.0. The van der Waals surface area contributed by atoms with E-state index >= 15 is 4.39 Å². The summed E-state index contributed by atoms with van der Waals surface area (Å²) in [5.41, 5.74) is 0.820. The van der Waals surface area contributed by atoms with Crippen LogP contribution in [0.1, 0.15) is 17.3 Å². The molecule has 0 bridgehead atoms. The van der Waals surface area contributed by atoms with E-state index in [1.54, 1.807) is 4.57 Å². The Morgan fingerprint density at radius 2 is 1.76 bits per heavy atom. The van der Waals surface area contributed by atoms with Gasteiger partial charge in [0.1, 0.15) is 5.82 Å². The SMILES string of the molecule is COCCNc1nc2c(c(C(C)=O)c1F)c(=O)cc(Nc1ccccc1)n2-c1ccccc1. The van der Waals surface area contributed by atoms with E-state index in [0.29, 0.717) is 18.1 Å². The molecule has 0 amide bonds. The van der Waals surface area contributed by atoms with Crippen LogP contribution in [0.4, 0.5) is 21.7 Å². The molecule has 0 radical (unpaired) electrons. The van der Waals surface area contributed by atoms with Crippen molar-refractivity contribution in [3.05, 3.63) is 88.3 Å². The van der Waals surface area contributed by atoms with Crippen molar-refractivity contribution in [2.75, 3.05) is 30.9 Å². The number of ketones is 1. The lowest BCUT2D eigenvalue weighted by Gasteiger charge is -2.20. The highest BCUT2D eigenvalue weighted by atomic mass is 19.1. The number of hydrogen-bond donors (Lipinski definition) is 2. The Bertz CT molecular complexity index is 1360. The molecular weight excluding hydrogens is 423 g/mol. The zero-order valence-electron chi connectivity index (χ0n) is 18.3. The van der Waals surface area contributed by atoms with Crippen molar-refractivity contribution in [3.8, 4) is 5.69 Å². The lowest BCUT2D eigenvalue weighted by Crippen LogP contribution is -2.20. The minimum atomic E-state index is -0.855. The van der Waals surface area contributed by atoms with Crippen LogP contribution in [-0.2, 0) is 4.74 Å². The Labute approximate surface area is 189 Å². The fraction of sp³-hybridized carbons (Fsp3) is 0.160. The number of carbonyl (C=O) groups excluding carboxylic acids is 1. The molecule has 2 aromatic heterocycles. The van der Waals surface area contributed by atoms with Gasteiger partial charge in [-0.3, -0.25) is 14.2 Å². The molecule has 2 aromatic carbocycles. The number of carbonyl (C=O) groups is 1. The number of nitrogens with one attached hydrogen (secondary N) is 2. The highest BCUT2D eigenvalue weighted by molar-refractivity contribution is 6.07. The van der Waals surface area contributed by atoms with Crippen molar-refractivity contribution < 1.29 is 13.9 Å². The second kappa shape index (κ2) is 9.62. The number of hydrogen-bond acceptors (Lipinski definition) is 6. The number of aromatic nitrogens is 2. The molecule has 0 unspecified atom stereocenters. The number of rotatable bonds is 8. The molecule has 0 spiro atoms. The summed E-state index contributed by atoms with van der Waals surface area (Å²) in [6, 6.07) is 19.9. The number of nitrogens with zero attached hydrogens (tertiary/aromatic N) is 2. The first-order valence-corrected chi connectivity index (χ1v) is 10.4. The minimum Gasteiger partial charge on any atom is -0.383 e. The number of anilines is 3. The minimum absolute atomic E-state index is 0.0697. The van der Waals surface area contributed by atoms with Gasteiger partial charge in [-0.2, -0.15) is 0 Å². The third-order valence-corrected chi connectivity index (χ3v) is 5.10. The average molecular weight is 446 g/mol. The van der Waals surface area contributed by atoms with Crippen LogP contribution in [0.2, 0.25) is 0 Å². The van der Waals surface area contributed by atoms with Gasteiger partial charge in [0.2, 0.25) is 0 Å². The zero-order chi connectivity index (χ0) is 23.4. The molecule has 0 aliphatic carbocycles. The maximum Gasteiger partial charge on any atom is 0.194 e. The van der Waals surface area contributed by atoms with Crippen LogP contribution in [0.25, 0.3) is 16.7 Å². The standard InChI is InChI=1S/C25H23FN4O3/c1-16(31)21-22-19(32)15-20(28-17-9-5-3-6-10-17)30(18-11-7-4-8-12-18)25(22)29-24(23(21)26)27-13-14-33-2/h3-12,15,28H,13-14H2,1-2H3,(H,27,29). The Kier molecular flexibility index (Phi) is 6.46. The number of benzene rings is 2. The van der Waals surface area contributed by atoms with Crippen LogP contribution in [0.5, 0.6) is 0 Å². The summed E-state index contributed by atoms with van der Waals surface area (Å²) in [7, 11) is 1.53. The second-order valence-corrected chi connectivity index (χ2v) is 7.38. The van der Waals surface area contributed by atoms with Crippen molar-refractivity contribution in [2.45, 2.75) is 6.92 Å². The Morgan fingerprint density at radius 1 is 1.09 bits per heavy atom. The second-order valence-electron chi connectivity index (χ2n) is 7.38. The van der Waals surface area contributed by atoms with Crippen molar-refractivity contribution in [1.29, 1.82) is 0 Å². The molecule has 2 N–H and O–H groups in total. The fourth-order valence-electron chi connectivity index (χ4n) is 3.64. The number of halogens is 1.